The lowest BCUT2D eigenvalue weighted by atomic mass is 10.4. The monoisotopic (exact) mass is 153 g/mol. The van der Waals surface area contributed by atoms with Crippen LogP contribution in [0.2, 0.25) is 0 Å². The van der Waals surface area contributed by atoms with Gasteiger partial charge in [-0.25, -0.2) is 0 Å². The van der Waals surface area contributed by atoms with Crippen molar-refractivity contribution in [3.63, 3.8) is 0 Å². The van der Waals surface area contributed by atoms with Crippen LogP contribution >= 0.6 is 11.5 Å². The number of hydrogen-bond donors (Lipinski definition) is 1. The van der Waals surface area contributed by atoms with E-state index in [9.17, 15) is 0 Å². The second kappa shape index (κ2) is 1.84. The molecule has 10 heavy (non-hydrogen) atoms. The van der Waals surface area contributed by atoms with Crippen LogP contribution in [-0.2, 0) is 0 Å². The molecule has 0 aromatic carbocycles. The molecule has 2 N–H and O–H groups in total. The zero-order valence-electron chi connectivity index (χ0n) is 4.85. The zero-order chi connectivity index (χ0) is 6.97. The van der Waals surface area contributed by atoms with Gasteiger partial charge >= 0.3 is 0 Å². The standard InChI is InChI=1S/C4H3N5S/c5-3-2-1-6-10-4(2)8-9-7-3/h1H,(H2,5,7,8). The van der Waals surface area contributed by atoms with Crippen LogP contribution in [0.25, 0.3) is 10.2 Å². The number of nitrogens with zero attached hydrogens (tertiary/aromatic N) is 4. The van der Waals surface area contributed by atoms with E-state index in [1.54, 1.807) is 6.20 Å². The van der Waals surface area contributed by atoms with E-state index >= 15 is 0 Å². The highest BCUT2D eigenvalue weighted by molar-refractivity contribution is 7.12. The van der Waals surface area contributed by atoms with Crippen molar-refractivity contribution in [3.8, 4) is 0 Å². The van der Waals surface area contributed by atoms with Crippen molar-refractivity contribution in [3.05, 3.63) is 6.20 Å². The Morgan fingerprint density at radius 3 is 3.10 bits per heavy atom. The highest BCUT2D eigenvalue weighted by Gasteiger charge is 2.01. The van der Waals surface area contributed by atoms with Crippen LogP contribution in [0, 0.1) is 0 Å². The first kappa shape index (κ1) is 5.48. The summed E-state index contributed by atoms with van der Waals surface area (Å²) in [5, 5.41) is 11.5. The van der Waals surface area contributed by atoms with Crippen molar-refractivity contribution in [2.24, 2.45) is 0 Å². The van der Waals surface area contributed by atoms with Gasteiger partial charge in [0.05, 0.1) is 11.6 Å². The molecule has 0 atom stereocenters. The van der Waals surface area contributed by atoms with Gasteiger partial charge in [-0.3, -0.25) is 0 Å². The highest BCUT2D eigenvalue weighted by atomic mass is 32.1. The Hall–Kier alpha value is -1.30. The Morgan fingerprint density at radius 1 is 1.40 bits per heavy atom. The molecule has 2 aromatic rings. The molecule has 0 aliphatic heterocycles. The lowest BCUT2D eigenvalue weighted by Gasteiger charge is -1.86. The van der Waals surface area contributed by atoms with Gasteiger partial charge < -0.3 is 5.73 Å². The molecule has 0 amide bonds. The maximum atomic E-state index is 5.45. The molecule has 0 spiro atoms. The summed E-state index contributed by atoms with van der Waals surface area (Å²) in [6, 6.07) is 0. The molecule has 0 unspecified atom stereocenters. The normalized spacial score (nSPS) is 10.4. The summed E-state index contributed by atoms with van der Waals surface area (Å²) < 4.78 is 3.88. The largest absolute Gasteiger partial charge is 0.382 e. The Balaban J connectivity index is 2.95. The lowest BCUT2D eigenvalue weighted by molar-refractivity contribution is 0.908. The Labute approximate surface area is 60.0 Å². The Bertz CT molecular complexity index is 355. The molecule has 0 saturated heterocycles. The summed E-state index contributed by atoms with van der Waals surface area (Å²) in [6.45, 7) is 0. The van der Waals surface area contributed by atoms with Crippen molar-refractivity contribution in [1.29, 1.82) is 0 Å². The molecule has 0 fully saturated rings. The van der Waals surface area contributed by atoms with E-state index in [0.717, 1.165) is 10.2 Å². The Morgan fingerprint density at radius 2 is 2.30 bits per heavy atom. The molecule has 0 aliphatic rings. The third-order valence-corrected chi connectivity index (χ3v) is 1.80. The van der Waals surface area contributed by atoms with E-state index < -0.39 is 0 Å². The number of nitrogens with two attached hydrogens (primary N) is 1. The summed E-state index contributed by atoms with van der Waals surface area (Å²) in [4.78, 5) is 0.729. The fourth-order valence-corrected chi connectivity index (χ4v) is 1.23. The van der Waals surface area contributed by atoms with Gasteiger partial charge in [-0.1, -0.05) is 0 Å². The molecule has 2 aromatic heterocycles. The van der Waals surface area contributed by atoms with E-state index in [1.807, 2.05) is 0 Å². The number of anilines is 1. The van der Waals surface area contributed by atoms with E-state index in [0.29, 0.717) is 5.82 Å². The molecule has 2 heterocycles. The molecule has 6 heteroatoms. The smallest absolute Gasteiger partial charge is 0.171 e. The second-order valence-electron chi connectivity index (χ2n) is 1.72. The number of nitrogen functional groups attached to an aromatic ring is 1. The van der Waals surface area contributed by atoms with Gasteiger partial charge in [-0.15, -0.1) is 10.2 Å². The van der Waals surface area contributed by atoms with Crippen LogP contribution in [0.15, 0.2) is 6.20 Å². The Kier molecular flexibility index (Phi) is 1.01. The van der Waals surface area contributed by atoms with Gasteiger partial charge in [0.2, 0.25) is 0 Å². The molecular formula is C4H3N5S. The maximum absolute atomic E-state index is 5.45. The van der Waals surface area contributed by atoms with Crippen LogP contribution in [0.5, 0.6) is 0 Å². The molecule has 0 bridgehead atoms. The molecule has 5 nitrogen and oxygen atoms in total. The minimum Gasteiger partial charge on any atom is -0.382 e. The van der Waals surface area contributed by atoms with Crippen LogP contribution < -0.4 is 5.73 Å². The predicted molar refractivity (Wildman–Crippen MR) is 37.4 cm³/mol. The van der Waals surface area contributed by atoms with Crippen molar-refractivity contribution >= 4 is 27.6 Å². The second-order valence-corrected chi connectivity index (χ2v) is 2.50. The first-order valence-corrected chi connectivity index (χ1v) is 3.34. The third-order valence-electron chi connectivity index (χ3n) is 1.12. The first-order valence-electron chi connectivity index (χ1n) is 2.57. The number of aromatic nitrogens is 4. The van der Waals surface area contributed by atoms with E-state index in [4.69, 9.17) is 5.73 Å². The summed E-state index contributed by atoms with van der Waals surface area (Å²) in [5.41, 5.74) is 5.45. The molecule has 0 saturated carbocycles. The summed E-state index contributed by atoms with van der Waals surface area (Å²) in [6.07, 6.45) is 1.64. The molecule has 0 radical (unpaired) electrons. The zero-order valence-corrected chi connectivity index (χ0v) is 5.67. The lowest BCUT2D eigenvalue weighted by Crippen LogP contribution is -1.94. The summed E-state index contributed by atoms with van der Waals surface area (Å²) in [7, 11) is 0. The molecule has 2 rings (SSSR count). The van der Waals surface area contributed by atoms with E-state index in [1.165, 1.54) is 11.5 Å². The summed E-state index contributed by atoms with van der Waals surface area (Å²) >= 11 is 1.26. The molecule has 50 valence electrons. The van der Waals surface area contributed by atoms with Crippen LogP contribution in [-0.4, -0.2) is 19.8 Å². The maximum Gasteiger partial charge on any atom is 0.171 e. The van der Waals surface area contributed by atoms with E-state index in [2.05, 4.69) is 19.8 Å². The van der Waals surface area contributed by atoms with Gasteiger partial charge in [0, 0.05) is 0 Å². The van der Waals surface area contributed by atoms with Crippen molar-refractivity contribution < 1.29 is 0 Å². The summed E-state index contributed by atoms with van der Waals surface area (Å²) in [5.74, 6) is 0.388. The van der Waals surface area contributed by atoms with Crippen LogP contribution in [0.4, 0.5) is 5.82 Å². The highest BCUT2D eigenvalue weighted by Crippen LogP contribution is 2.17. The average Bonchev–Trinajstić information content (AvgIpc) is 2.36. The van der Waals surface area contributed by atoms with Crippen molar-refractivity contribution in [1.82, 2.24) is 19.8 Å². The predicted octanol–water partition coefficient (Wildman–Crippen LogP) is 0.0635. The van der Waals surface area contributed by atoms with Crippen molar-refractivity contribution in [2.75, 3.05) is 5.73 Å². The minimum absolute atomic E-state index is 0.388. The van der Waals surface area contributed by atoms with Gasteiger partial charge in [-0.2, -0.15) is 4.37 Å². The number of hydrogen-bond acceptors (Lipinski definition) is 6. The van der Waals surface area contributed by atoms with Gasteiger partial charge in [0.1, 0.15) is 0 Å². The topological polar surface area (TPSA) is 77.6 Å². The SMILES string of the molecule is Nc1nnnc2sncc12. The van der Waals surface area contributed by atoms with Crippen LogP contribution in [0.1, 0.15) is 0 Å². The van der Waals surface area contributed by atoms with Gasteiger partial charge in [0.25, 0.3) is 0 Å². The molecule has 0 aliphatic carbocycles. The quantitative estimate of drug-likeness (QED) is 0.579. The number of rotatable bonds is 0. The molecular weight excluding hydrogens is 150 g/mol. The average molecular weight is 153 g/mol. The van der Waals surface area contributed by atoms with Gasteiger partial charge in [0.15, 0.2) is 10.6 Å². The van der Waals surface area contributed by atoms with E-state index in [-0.39, 0.29) is 0 Å². The van der Waals surface area contributed by atoms with Gasteiger partial charge in [-0.05, 0) is 16.7 Å². The first-order chi connectivity index (χ1) is 4.88. The minimum atomic E-state index is 0.388. The fourth-order valence-electron chi connectivity index (χ4n) is 0.646. The number of fused-ring (bicyclic) bond motifs is 1. The van der Waals surface area contributed by atoms with Crippen molar-refractivity contribution in [2.45, 2.75) is 0 Å². The fraction of sp³-hybridized carbons (Fsp3) is 0. The van der Waals surface area contributed by atoms with Crippen LogP contribution in [0.3, 0.4) is 0 Å². The third kappa shape index (κ3) is 0.623.